The van der Waals surface area contributed by atoms with Gasteiger partial charge in [-0.1, -0.05) is 6.07 Å². The summed E-state index contributed by atoms with van der Waals surface area (Å²) in [6.45, 7) is 0.461. The molecule has 0 saturated carbocycles. The van der Waals surface area contributed by atoms with Gasteiger partial charge in [0, 0.05) is 36.0 Å². The smallest absolute Gasteiger partial charge is 0.227 e. The predicted molar refractivity (Wildman–Crippen MR) is 104 cm³/mol. The Hall–Kier alpha value is -3.41. The van der Waals surface area contributed by atoms with E-state index in [0.717, 1.165) is 27.8 Å². The Morgan fingerprint density at radius 1 is 1.30 bits per heavy atom. The van der Waals surface area contributed by atoms with E-state index in [1.807, 2.05) is 30.5 Å². The molecule has 1 aromatic carbocycles. The fraction of sp³-hybridized carbons (Fsp3) is 0.190. The Bertz CT molecular complexity index is 961. The number of fused-ring (bicyclic) bond motifs is 1. The van der Waals surface area contributed by atoms with Crippen LogP contribution < -0.4 is 10.1 Å². The number of ether oxygens (including phenoxy) is 1. The number of rotatable bonds is 8. The summed E-state index contributed by atoms with van der Waals surface area (Å²) in [4.78, 5) is 31.0. The van der Waals surface area contributed by atoms with Crippen molar-refractivity contribution in [1.29, 1.82) is 0 Å². The SMILES string of the molecule is COc1ccc2[nH]cc(CCNC(=O)CC(=O)/C=C/c3cccnc3)c2c1. The van der Waals surface area contributed by atoms with Gasteiger partial charge in [-0.15, -0.1) is 0 Å². The molecule has 0 radical (unpaired) electrons. The van der Waals surface area contributed by atoms with Crippen molar-refractivity contribution in [3.05, 3.63) is 66.1 Å². The van der Waals surface area contributed by atoms with Crippen LogP contribution in [-0.4, -0.2) is 35.3 Å². The van der Waals surface area contributed by atoms with E-state index in [2.05, 4.69) is 15.3 Å². The number of pyridine rings is 1. The predicted octanol–water partition coefficient (Wildman–Crippen LogP) is 2.90. The van der Waals surface area contributed by atoms with Crippen LogP contribution in [0.3, 0.4) is 0 Å². The van der Waals surface area contributed by atoms with Gasteiger partial charge in [-0.3, -0.25) is 14.6 Å². The van der Waals surface area contributed by atoms with E-state index in [1.54, 1.807) is 31.6 Å². The van der Waals surface area contributed by atoms with Crippen molar-refractivity contribution in [2.75, 3.05) is 13.7 Å². The number of nitrogens with one attached hydrogen (secondary N) is 2. The summed E-state index contributed by atoms with van der Waals surface area (Å²) in [5.74, 6) is 0.264. The van der Waals surface area contributed by atoms with Crippen LogP contribution in [0, 0.1) is 0 Å². The van der Waals surface area contributed by atoms with Gasteiger partial charge in [-0.25, -0.2) is 0 Å². The number of carbonyl (C=O) groups is 2. The van der Waals surface area contributed by atoms with Gasteiger partial charge in [0.25, 0.3) is 0 Å². The standard InChI is InChI=1S/C21H21N3O3/c1-27-18-6-7-20-19(12-18)16(14-24-20)8-10-23-21(26)11-17(25)5-4-15-3-2-9-22-13-15/h2-7,9,12-14,24H,8,10-11H2,1H3,(H,23,26)/b5-4+. The van der Waals surface area contributed by atoms with Gasteiger partial charge in [-0.2, -0.15) is 0 Å². The molecule has 0 unspecified atom stereocenters. The maximum Gasteiger partial charge on any atom is 0.227 e. The minimum atomic E-state index is -0.284. The number of hydrogen-bond donors (Lipinski definition) is 2. The number of allylic oxidation sites excluding steroid dienone is 1. The molecular weight excluding hydrogens is 342 g/mol. The summed E-state index contributed by atoms with van der Waals surface area (Å²) in [5.41, 5.74) is 2.93. The summed E-state index contributed by atoms with van der Waals surface area (Å²) in [6.07, 6.45) is 8.80. The largest absolute Gasteiger partial charge is 0.497 e. The number of hydrogen-bond acceptors (Lipinski definition) is 4. The second-order valence-electron chi connectivity index (χ2n) is 6.09. The van der Waals surface area contributed by atoms with Crippen LogP contribution in [0.2, 0.25) is 0 Å². The highest BCUT2D eigenvalue weighted by Gasteiger charge is 2.08. The molecule has 0 aliphatic rings. The number of aromatic amines is 1. The molecule has 0 fully saturated rings. The molecule has 138 valence electrons. The number of H-pyrrole nitrogens is 1. The lowest BCUT2D eigenvalue weighted by Crippen LogP contribution is -2.27. The summed E-state index contributed by atoms with van der Waals surface area (Å²) in [5, 5.41) is 3.86. The maximum absolute atomic E-state index is 12.0. The van der Waals surface area contributed by atoms with Gasteiger partial charge in [0.1, 0.15) is 5.75 Å². The van der Waals surface area contributed by atoms with E-state index < -0.39 is 0 Å². The molecule has 3 rings (SSSR count). The first-order valence-corrected chi connectivity index (χ1v) is 8.67. The van der Waals surface area contributed by atoms with Crippen molar-refractivity contribution < 1.29 is 14.3 Å². The Morgan fingerprint density at radius 3 is 2.96 bits per heavy atom. The molecule has 0 saturated heterocycles. The molecule has 0 bridgehead atoms. The van der Waals surface area contributed by atoms with Gasteiger partial charge >= 0.3 is 0 Å². The average Bonchev–Trinajstić information content (AvgIpc) is 3.09. The number of aromatic nitrogens is 2. The molecule has 2 heterocycles. The molecule has 2 aromatic heterocycles. The molecule has 0 spiro atoms. The second-order valence-corrected chi connectivity index (χ2v) is 6.09. The normalized spacial score (nSPS) is 11.0. The van der Waals surface area contributed by atoms with Crippen molar-refractivity contribution in [2.24, 2.45) is 0 Å². The van der Waals surface area contributed by atoms with Gasteiger partial charge in [0.05, 0.1) is 13.5 Å². The number of methoxy groups -OCH3 is 1. The van der Waals surface area contributed by atoms with Crippen LogP contribution in [0.1, 0.15) is 17.5 Å². The average molecular weight is 363 g/mol. The highest BCUT2D eigenvalue weighted by Crippen LogP contribution is 2.23. The Balaban J connectivity index is 1.48. The highest BCUT2D eigenvalue weighted by molar-refractivity contribution is 6.05. The molecule has 6 heteroatoms. The molecule has 27 heavy (non-hydrogen) atoms. The maximum atomic E-state index is 12.0. The summed E-state index contributed by atoms with van der Waals surface area (Å²) >= 11 is 0. The van der Waals surface area contributed by atoms with Crippen LogP contribution in [-0.2, 0) is 16.0 Å². The van der Waals surface area contributed by atoms with E-state index in [4.69, 9.17) is 4.74 Å². The van der Waals surface area contributed by atoms with Crippen LogP contribution in [0.5, 0.6) is 5.75 Å². The van der Waals surface area contributed by atoms with Gasteiger partial charge in [0.2, 0.25) is 5.91 Å². The lowest BCUT2D eigenvalue weighted by molar-refractivity contribution is -0.126. The molecule has 2 N–H and O–H groups in total. The minimum absolute atomic E-state index is 0.168. The highest BCUT2D eigenvalue weighted by atomic mass is 16.5. The number of benzene rings is 1. The lowest BCUT2D eigenvalue weighted by Gasteiger charge is -2.04. The minimum Gasteiger partial charge on any atom is -0.497 e. The molecular formula is C21H21N3O3. The van der Waals surface area contributed by atoms with E-state index in [1.165, 1.54) is 6.08 Å². The van der Waals surface area contributed by atoms with E-state index in [-0.39, 0.29) is 18.1 Å². The molecule has 0 aliphatic carbocycles. The zero-order chi connectivity index (χ0) is 19.1. The molecule has 1 amide bonds. The molecule has 0 aliphatic heterocycles. The molecule has 0 atom stereocenters. The van der Waals surface area contributed by atoms with Crippen molar-refractivity contribution >= 4 is 28.7 Å². The first-order chi connectivity index (χ1) is 13.2. The third kappa shape index (κ3) is 5.04. The Kier molecular flexibility index (Phi) is 5.99. The van der Waals surface area contributed by atoms with E-state index >= 15 is 0 Å². The summed E-state index contributed by atoms with van der Waals surface area (Å²) in [6, 6.07) is 9.46. The van der Waals surface area contributed by atoms with Crippen molar-refractivity contribution in [3.8, 4) is 5.75 Å². The second kappa shape index (κ2) is 8.80. The van der Waals surface area contributed by atoms with Crippen molar-refractivity contribution in [1.82, 2.24) is 15.3 Å². The van der Waals surface area contributed by atoms with Gasteiger partial charge < -0.3 is 15.0 Å². The quantitative estimate of drug-likeness (QED) is 0.476. The van der Waals surface area contributed by atoms with Gasteiger partial charge in [-0.05, 0) is 54.0 Å². The first kappa shape index (κ1) is 18.4. The number of nitrogens with zero attached hydrogens (tertiary/aromatic N) is 1. The van der Waals surface area contributed by atoms with Crippen LogP contribution >= 0.6 is 0 Å². The summed E-state index contributed by atoms with van der Waals surface area (Å²) < 4.78 is 5.26. The fourth-order valence-corrected chi connectivity index (χ4v) is 2.77. The van der Waals surface area contributed by atoms with E-state index in [0.29, 0.717) is 13.0 Å². The van der Waals surface area contributed by atoms with Crippen molar-refractivity contribution in [2.45, 2.75) is 12.8 Å². The summed E-state index contributed by atoms with van der Waals surface area (Å²) in [7, 11) is 1.63. The molecule has 6 nitrogen and oxygen atoms in total. The number of ketones is 1. The Labute approximate surface area is 157 Å². The third-order valence-corrected chi connectivity index (χ3v) is 4.17. The Morgan fingerprint density at radius 2 is 2.19 bits per heavy atom. The number of amides is 1. The zero-order valence-electron chi connectivity index (χ0n) is 15.1. The number of carbonyl (C=O) groups excluding carboxylic acids is 2. The van der Waals surface area contributed by atoms with Gasteiger partial charge in [0.15, 0.2) is 5.78 Å². The lowest BCUT2D eigenvalue weighted by atomic mass is 10.1. The van der Waals surface area contributed by atoms with Crippen LogP contribution in [0.15, 0.2) is 55.0 Å². The zero-order valence-corrected chi connectivity index (χ0v) is 15.1. The van der Waals surface area contributed by atoms with Crippen LogP contribution in [0.25, 0.3) is 17.0 Å². The molecule has 3 aromatic rings. The third-order valence-electron chi connectivity index (χ3n) is 4.17. The monoisotopic (exact) mass is 363 g/mol. The van der Waals surface area contributed by atoms with Crippen LogP contribution in [0.4, 0.5) is 0 Å². The topological polar surface area (TPSA) is 84.1 Å². The van der Waals surface area contributed by atoms with Crippen molar-refractivity contribution in [3.63, 3.8) is 0 Å². The fourth-order valence-electron chi connectivity index (χ4n) is 2.77. The first-order valence-electron chi connectivity index (χ1n) is 8.67. The van der Waals surface area contributed by atoms with E-state index in [9.17, 15) is 9.59 Å².